The zero-order chi connectivity index (χ0) is 21.8. The van der Waals surface area contributed by atoms with Crippen molar-refractivity contribution in [1.82, 2.24) is 9.47 Å². The Morgan fingerprint density at radius 3 is 2.27 bits per heavy atom. The molecule has 30 heavy (non-hydrogen) atoms. The van der Waals surface area contributed by atoms with Gasteiger partial charge in [-0.05, 0) is 37.0 Å². The van der Waals surface area contributed by atoms with Crippen LogP contribution < -0.4 is 20.3 Å². The summed E-state index contributed by atoms with van der Waals surface area (Å²) in [7, 11) is 4.45. The van der Waals surface area contributed by atoms with Crippen LogP contribution in [-0.4, -0.2) is 48.6 Å². The predicted octanol–water partition coefficient (Wildman–Crippen LogP) is 2.53. The molecule has 2 amide bonds. The molecule has 1 aromatic carbocycles. The molecule has 0 bridgehead atoms. The van der Waals surface area contributed by atoms with E-state index in [4.69, 9.17) is 9.47 Å². The lowest BCUT2D eigenvalue weighted by Gasteiger charge is -2.30. The minimum absolute atomic E-state index is 0.0201. The summed E-state index contributed by atoms with van der Waals surface area (Å²) in [5, 5.41) is 2.62. The number of carbonyl (C=O) groups is 2. The van der Waals surface area contributed by atoms with Gasteiger partial charge >= 0.3 is 0 Å². The molecular formula is C22H27N3O5. The van der Waals surface area contributed by atoms with Crippen LogP contribution in [0.25, 0.3) is 0 Å². The van der Waals surface area contributed by atoms with Crippen LogP contribution in [0.2, 0.25) is 0 Å². The monoisotopic (exact) mass is 413 g/mol. The van der Waals surface area contributed by atoms with E-state index in [-0.39, 0.29) is 17.2 Å². The normalized spacial score (nSPS) is 14.3. The second-order valence-electron chi connectivity index (χ2n) is 7.52. The van der Waals surface area contributed by atoms with Gasteiger partial charge in [-0.15, -0.1) is 0 Å². The molecular weight excluding hydrogens is 386 g/mol. The minimum atomic E-state index is -0.558. The molecule has 1 N–H and O–H groups in total. The fraction of sp³-hybridized carbons (Fsp3) is 0.409. The van der Waals surface area contributed by atoms with Crippen molar-refractivity contribution in [2.24, 2.45) is 13.0 Å². The molecule has 1 saturated heterocycles. The van der Waals surface area contributed by atoms with Crippen molar-refractivity contribution >= 4 is 17.5 Å². The van der Waals surface area contributed by atoms with Gasteiger partial charge in [0, 0.05) is 26.3 Å². The zero-order valence-corrected chi connectivity index (χ0v) is 17.7. The molecule has 0 radical (unpaired) electrons. The maximum Gasteiger partial charge on any atom is 0.274 e. The highest BCUT2D eigenvalue weighted by atomic mass is 16.5. The second-order valence-corrected chi connectivity index (χ2v) is 7.52. The number of piperidine rings is 1. The van der Waals surface area contributed by atoms with E-state index in [0.29, 0.717) is 36.1 Å². The standard InChI is InChI=1S/C22H27N3O5/c1-14-8-10-25(11-9-14)21(27)15-12-16(22(28)24(2)13-15)23-20(26)19-17(29-3)6-5-7-18(19)30-4/h5-7,12-14H,8-11H2,1-4H3,(H,23,26). The van der Waals surface area contributed by atoms with Crippen molar-refractivity contribution in [2.75, 3.05) is 32.6 Å². The molecule has 0 saturated carbocycles. The number of nitrogens with zero attached hydrogens (tertiary/aromatic N) is 2. The quantitative estimate of drug-likeness (QED) is 0.814. The van der Waals surface area contributed by atoms with Crippen molar-refractivity contribution < 1.29 is 19.1 Å². The van der Waals surface area contributed by atoms with Crippen LogP contribution >= 0.6 is 0 Å². The number of aromatic nitrogens is 1. The van der Waals surface area contributed by atoms with E-state index >= 15 is 0 Å². The number of methoxy groups -OCH3 is 2. The lowest BCUT2D eigenvalue weighted by molar-refractivity contribution is 0.0696. The van der Waals surface area contributed by atoms with Gasteiger partial charge in [0.1, 0.15) is 22.7 Å². The highest BCUT2D eigenvalue weighted by molar-refractivity contribution is 6.08. The van der Waals surface area contributed by atoms with E-state index < -0.39 is 11.5 Å². The first-order valence-electron chi connectivity index (χ1n) is 9.88. The van der Waals surface area contributed by atoms with E-state index in [0.717, 1.165) is 12.8 Å². The number of ether oxygens (including phenoxy) is 2. The highest BCUT2D eigenvalue weighted by Gasteiger charge is 2.24. The summed E-state index contributed by atoms with van der Waals surface area (Å²) in [6.45, 7) is 3.54. The van der Waals surface area contributed by atoms with Crippen molar-refractivity contribution in [2.45, 2.75) is 19.8 Å². The van der Waals surface area contributed by atoms with Gasteiger partial charge in [0.2, 0.25) is 0 Å². The molecule has 0 atom stereocenters. The van der Waals surface area contributed by atoms with E-state index in [2.05, 4.69) is 12.2 Å². The Hall–Kier alpha value is -3.29. The van der Waals surface area contributed by atoms with Crippen LogP contribution in [0.5, 0.6) is 11.5 Å². The van der Waals surface area contributed by atoms with Gasteiger partial charge in [-0.3, -0.25) is 14.4 Å². The molecule has 2 aromatic rings. The largest absolute Gasteiger partial charge is 0.496 e. The van der Waals surface area contributed by atoms with E-state index in [1.165, 1.54) is 31.0 Å². The van der Waals surface area contributed by atoms with E-state index in [9.17, 15) is 14.4 Å². The summed E-state index contributed by atoms with van der Waals surface area (Å²) in [5.41, 5.74) is 0.132. The summed E-state index contributed by atoms with van der Waals surface area (Å²) >= 11 is 0. The summed E-state index contributed by atoms with van der Waals surface area (Å²) < 4.78 is 11.8. The third kappa shape index (κ3) is 4.32. The Morgan fingerprint density at radius 2 is 1.70 bits per heavy atom. The van der Waals surface area contributed by atoms with E-state index in [1.807, 2.05) is 0 Å². The SMILES string of the molecule is COc1cccc(OC)c1C(=O)Nc1cc(C(=O)N2CCC(C)CC2)cn(C)c1=O. The molecule has 8 nitrogen and oxygen atoms in total. The molecule has 0 unspecified atom stereocenters. The molecule has 1 fully saturated rings. The number of hydrogen-bond donors (Lipinski definition) is 1. The van der Waals surface area contributed by atoms with Crippen molar-refractivity contribution in [3.63, 3.8) is 0 Å². The van der Waals surface area contributed by atoms with Crippen molar-refractivity contribution in [3.05, 3.63) is 51.9 Å². The average Bonchev–Trinajstić information content (AvgIpc) is 2.75. The number of rotatable bonds is 5. The van der Waals surface area contributed by atoms with Crippen LogP contribution in [0.1, 0.15) is 40.5 Å². The molecule has 8 heteroatoms. The number of nitrogens with one attached hydrogen (secondary N) is 1. The van der Waals surface area contributed by atoms with Gasteiger partial charge in [0.25, 0.3) is 17.4 Å². The Labute approximate surface area is 175 Å². The molecule has 1 aliphatic rings. The number of amides is 2. The number of benzene rings is 1. The first-order valence-corrected chi connectivity index (χ1v) is 9.88. The van der Waals surface area contributed by atoms with Crippen LogP contribution in [0.4, 0.5) is 5.69 Å². The number of pyridine rings is 1. The average molecular weight is 413 g/mol. The van der Waals surface area contributed by atoms with Gasteiger partial charge in [-0.1, -0.05) is 13.0 Å². The van der Waals surface area contributed by atoms with Crippen LogP contribution in [-0.2, 0) is 7.05 Å². The van der Waals surface area contributed by atoms with Crippen molar-refractivity contribution in [3.8, 4) is 11.5 Å². The van der Waals surface area contributed by atoms with Crippen molar-refractivity contribution in [1.29, 1.82) is 0 Å². The second kappa shape index (κ2) is 9.02. The molecule has 0 spiro atoms. The maximum atomic E-state index is 12.9. The predicted molar refractivity (Wildman–Crippen MR) is 113 cm³/mol. The van der Waals surface area contributed by atoms with Crippen LogP contribution in [0, 0.1) is 5.92 Å². The first kappa shape index (κ1) is 21.4. The van der Waals surface area contributed by atoms with Gasteiger partial charge < -0.3 is 24.3 Å². The number of anilines is 1. The molecule has 1 aliphatic heterocycles. The van der Waals surface area contributed by atoms with Gasteiger partial charge in [0.05, 0.1) is 19.8 Å². The molecule has 3 rings (SSSR count). The van der Waals surface area contributed by atoms with Gasteiger partial charge in [0.15, 0.2) is 0 Å². The summed E-state index contributed by atoms with van der Waals surface area (Å²) in [6, 6.07) is 6.40. The van der Waals surface area contributed by atoms with Gasteiger partial charge in [-0.2, -0.15) is 0 Å². The summed E-state index contributed by atoms with van der Waals surface area (Å²) in [5.74, 6) is 0.525. The molecule has 2 heterocycles. The number of carbonyl (C=O) groups excluding carboxylic acids is 2. The topological polar surface area (TPSA) is 89.9 Å². The van der Waals surface area contributed by atoms with Crippen LogP contribution in [0.3, 0.4) is 0 Å². The Bertz CT molecular complexity index is 984. The summed E-state index contributed by atoms with van der Waals surface area (Å²) in [4.78, 5) is 40.3. The zero-order valence-electron chi connectivity index (χ0n) is 17.7. The third-order valence-electron chi connectivity index (χ3n) is 5.40. The lowest BCUT2D eigenvalue weighted by atomic mass is 9.99. The number of aryl methyl sites for hydroxylation is 1. The Morgan fingerprint density at radius 1 is 1.10 bits per heavy atom. The smallest absolute Gasteiger partial charge is 0.274 e. The maximum absolute atomic E-state index is 12.9. The number of likely N-dealkylation sites (tertiary alicyclic amines) is 1. The fourth-order valence-corrected chi connectivity index (χ4v) is 3.57. The molecule has 160 valence electrons. The Balaban J connectivity index is 1.91. The highest BCUT2D eigenvalue weighted by Crippen LogP contribution is 2.29. The number of hydrogen-bond acceptors (Lipinski definition) is 5. The van der Waals surface area contributed by atoms with Gasteiger partial charge in [-0.25, -0.2) is 0 Å². The fourth-order valence-electron chi connectivity index (χ4n) is 3.57. The lowest BCUT2D eigenvalue weighted by Crippen LogP contribution is -2.38. The molecule has 1 aromatic heterocycles. The van der Waals surface area contributed by atoms with E-state index in [1.54, 1.807) is 30.1 Å². The molecule has 0 aliphatic carbocycles. The minimum Gasteiger partial charge on any atom is -0.496 e. The summed E-state index contributed by atoms with van der Waals surface area (Å²) in [6.07, 6.45) is 3.41. The Kier molecular flexibility index (Phi) is 6.44. The first-order chi connectivity index (χ1) is 14.3. The third-order valence-corrected chi connectivity index (χ3v) is 5.40. The van der Waals surface area contributed by atoms with Crippen LogP contribution in [0.15, 0.2) is 35.3 Å².